The van der Waals surface area contributed by atoms with Gasteiger partial charge in [-0.05, 0) is 30.3 Å². The van der Waals surface area contributed by atoms with Crippen LogP contribution in [0.3, 0.4) is 0 Å². The number of aromatic nitrogens is 1. The SMILES string of the molecule is O=S(=O)(Nc1cccnc1Cl)c1ccc(F)c(F)c1. The summed E-state index contributed by atoms with van der Waals surface area (Å²) in [4.78, 5) is 3.28. The maximum Gasteiger partial charge on any atom is 0.262 e. The molecule has 0 aliphatic heterocycles. The van der Waals surface area contributed by atoms with Gasteiger partial charge in [0.25, 0.3) is 10.0 Å². The van der Waals surface area contributed by atoms with Crippen LogP contribution in [-0.2, 0) is 10.0 Å². The number of benzene rings is 1. The van der Waals surface area contributed by atoms with Crippen LogP contribution in [0.4, 0.5) is 14.5 Å². The van der Waals surface area contributed by atoms with E-state index in [0.717, 1.165) is 12.1 Å². The van der Waals surface area contributed by atoms with Gasteiger partial charge in [-0.25, -0.2) is 22.2 Å². The number of hydrogen-bond donors (Lipinski definition) is 1. The number of rotatable bonds is 3. The van der Waals surface area contributed by atoms with Gasteiger partial charge in [0.1, 0.15) is 0 Å². The van der Waals surface area contributed by atoms with Gasteiger partial charge < -0.3 is 0 Å². The van der Waals surface area contributed by atoms with Crippen LogP contribution < -0.4 is 4.72 Å². The van der Waals surface area contributed by atoms with Crippen LogP contribution in [0.1, 0.15) is 0 Å². The lowest BCUT2D eigenvalue weighted by atomic mass is 10.3. The Morgan fingerprint density at radius 3 is 2.53 bits per heavy atom. The number of anilines is 1. The summed E-state index contributed by atoms with van der Waals surface area (Å²) in [6, 6.07) is 5.14. The fraction of sp³-hybridized carbons (Fsp3) is 0. The van der Waals surface area contributed by atoms with Crippen molar-refractivity contribution in [2.75, 3.05) is 4.72 Å². The molecule has 0 spiro atoms. The molecule has 2 aromatic rings. The standard InChI is InChI=1S/C11H7ClF2N2O2S/c12-11-10(2-1-5-15-11)16-19(17,18)7-3-4-8(13)9(14)6-7/h1-6,16H. The molecular formula is C11H7ClF2N2O2S. The third-order valence-electron chi connectivity index (χ3n) is 2.20. The molecule has 0 amide bonds. The molecule has 1 aromatic carbocycles. The zero-order chi connectivity index (χ0) is 14.0. The van der Waals surface area contributed by atoms with Crippen molar-refractivity contribution in [1.82, 2.24) is 4.98 Å². The number of nitrogens with zero attached hydrogens (tertiary/aromatic N) is 1. The van der Waals surface area contributed by atoms with Crippen LogP contribution in [0.5, 0.6) is 0 Å². The summed E-state index contributed by atoms with van der Waals surface area (Å²) in [6.07, 6.45) is 1.39. The maximum atomic E-state index is 13.0. The van der Waals surface area contributed by atoms with Crippen molar-refractivity contribution in [3.05, 3.63) is 53.3 Å². The van der Waals surface area contributed by atoms with Gasteiger partial charge in [-0.1, -0.05) is 11.6 Å². The predicted octanol–water partition coefficient (Wildman–Crippen LogP) is 2.81. The molecule has 0 atom stereocenters. The maximum absolute atomic E-state index is 13.0. The molecule has 0 radical (unpaired) electrons. The van der Waals surface area contributed by atoms with E-state index in [1.807, 2.05) is 0 Å². The lowest BCUT2D eigenvalue weighted by Crippen LogP contribution is -2.14. The lowest BCUT2D eigenvalue weighted by molar-refractivity contribution is 0.504. The molecule has 8 heteroatoms. The Labute approximate surface area is 113 Å². The van der Waals surface area contributed by atoms with Crippen molar-refractivity contribution in [3.8, 4) is 0 Å². The molecule has 1 aromatic heterocycles. The third-order valence-corrected chi connectivity index (χ3v) is 3.87. The van der Waals surface area contributed by atoms with Crippen LogP contribution in [-0.4, -0.2) is 13.4 Å². The molecule has 0 aliphatic rings. The third kappa shape index (κ3) is 2.99. The van der Waals surface area contributed by atoms with Gasteiger partial charge in [0.15, 0.2) is 16.8 Å². The first kappa shape index (κ1) is 13.7. The fourth-order valence-electron chi connectivity index (χ4n) is 1.31. The highest BCUT2D eigenvalue weighted by molar-refractivity contribution is 7.92. The summed E-state index contributed by atoms with van der Waals surface area (Å²) in [5.74, 6) is -2.38. The summed E-state index contributed by atoms with van der Waals surface area (Å²) in [6.45, 7) is 0. The first-order valence-corrected chi connectivity index (χ1v) is 6.84. The Kier molecular flexibility index (Phi) is 3.68. The first-order chi connectivity index (χ1) is 8.90. The first-order valence-electron chi connectivity index (χ1n) is 4.98. The normalized spacial score (nSPS) is 11.3. The van der Waals surface area contributed by atoms with Crippen molar-refractivity contribution in [3.63, 3.8) is 0 Å². The van der Waals surface area contributed by atoms with E-state index >= 15 is 0 Å². The summed E-state index contributed by atoms with van der Waals surface area (Å²) in [5, 5.41) is -0.0475. The van der Waals surface area contributed by atoms with Crippen LogP contribution >= 0.6 is 11.6 Å². The monoisotopic (exact) mass is 304 g/mol. The molecule has 0 saturated carbocycles. The van der Waals surface area contributed by atoms with Crippen molar-refractivity contribution < 1.29 is 17.2 Å². The molecule has 1 heterocycles. The van der Waals surface area contributed by atoms with Crippen molar-refractivity contribution in [2.24, 2.45) is 0 Å². The van der Waals surface area contributed by atoms with E-state index in [9.17, 15) is 17.2 Å². The van der Waals surface area contributed by atoms with Crippen LogP contribution in [0, 0.1) is 11.6 Å². The highest BCUT2D eigenvalue weighted by Crippen LogP contribution is 2.22. The summed E-state index contributed by atoms with van der Waals surface area (Å²) < 4.78 is 51.8. The van der Waals surface area contributed by atoms with Gasteiger partial charge in [-0.2, -0.15) is 0 Å². The second-order valence-corrected chi connectivity index (χ2v) is 5.56. The quantitative estimate of drug-likeness (QED) is 0.887. The van der Waals surface area contributed by atoms with Gasteiger partial charge in [-0.3, -0.25) is 4.72 Å². The molecule has 0 saturated heterocycles. The van der Waals surface area contributed by atoms with Crippen LogP contribution in [0.15, 0.2) is 41.4 Å². The molecule has 0 aliphatic carbocycles. The second-order valence-electron chi connectivity index (χ2n) is 3.52. The second kappa shape index (κ2) is 5.10. The van der Waals surface area contributed by atoms with Gasteiger partial charge >= 0.3 is 0 Å². The summed E-state index contributed by atoms with van der Waals surface area (Å²) in [7, 11) is -4.06. The van der Waals surface area contributed by atoms with Crippen LogP contribution in [0.25, 0.3) is 0 Å². The number of nitrogens with one attached hydrogen (secondary N) is 1. The minimum Gasteiger partial charge on any atom is -0.276 e. The molecular weight excluding hydrogens is 298 g/mol. The highest BCUT2D eigenvalue weighted by Gasteiger charge is 2.17. The van der Waals surface area contributed by atoms with E-state index in [1.54, 1.807) is 0 Å². The smallest absolute Gasteiger partial charge is 0.262 e. The minimum atomic E-state index is -4.06. The van der Waals surface area contributed by atoms with E-state index in [1.165, 1.54) is 18.3 Å². The molecule has 0 fully saturated rings. The topological polar surface area (TPSA) is 59.1 Å². The molecule has 2 rings (SSSR count). The van der Waals surface area contributed by atoms with E-state index in [-0.39, 0.29) is 10.8 Å². The lowest BCUT2D eigenvalue weighted by Gasteiger charge is -2.09. The van der Waals surface area contributed by atoms with E-state index < -0.39 is 26.6 Å². The van der Waals surface area contributed by atoms with Crippen LogP contribution in [0.2, 0.25) is 5.15 Å². The Bertz CT molecular complexity index is 722. The molecule has 0 unspecified atom stereocenters. The Hall–Kier alpha value is -1.73. The Morgan fingerprint density at radius 2 is 1.89 bits per heavy atom. The van der Waals surface area contributed by atoms with Crippen molar-refractivity contribution >= 4 is 27.3 Å². The number of hydrogen-bond acceptors (Lipinski definition) is 3. The van der Waals surface area contributed by atoms with Gasteiger partial charge in [0.2, 0.25) is 0 Å². The average molecular weight is 305 g/mol. The Balaban J connectivity index is 2.38. The molecule has 1 N–H and O–H groups in total. The molecule has 0 bridgehead atoms. The van der Waals surface area contributed by atoms with E-state index in [0.29, 0.717) is 6.07 Å². The molecule has 100 valence electrons. The van der Waals surface area contributed by atoms with Crippen molar-refractivity contribution in [1.29, 1.82) is 0 Å². The molecule has 19 heavy (non-hydrogen) atoms. The zero-order valence-electron chi connectivity index (χ0n) is 9.27. The fourth-order valence-corrected chi connectivity index (χ4v) is 2.61. The number of halogens is 3. The average Bonchev–Trinajstić information content (AvgIpc) is 2.35. The highest BCUT2D eigenvalue weighted by atomic mass is 35.5. The van der Waals surface area contributed by atoms with Gasteiger partial charge in [0.05, 0.1) is 10.6 Å². The van der Waals surface area contributed by atoms with Crippen molar-refractivity contribution in [2.45, 2.75) is 4.90 Å². The Morgan fingerprint density at radius 1 is 1.16 bits per heavy atom. The minimum absolute atomic E-state index is 0.0475. The zero-order valence-corrected chi connectivity index (χ0v) is 10.8. The van der Waals surface area contributed by atoms with E-state index in [4.69, 9.17) is 11.6 Å². The van der Waals surface area contributed by atoms with E-state index in [2.05, 4.69) is 9.71 Å². The summed E-state index contributed by atoms with van der Waals surface area (Å²) >= 11 is 5.70. The molecule has 4 nitrogen and oxygen atoms in total. The number of pyridine rings is 1. The largest absolute Gasteiger partial charge is 0.276 e. The predicted molar refractivity (Wildman–Crippen MR) is 66.4 cm³/mol. The summed E-state index contributed by atoms with van der Waals surface area (Å²) in [5.41, 5.74) is 0.0499. The number of sulfonamides is 1. The van der Waals surface area contributed by atoms with Gasteiger partial charge in [0, 0.05) is 6.20 Å². The van der Waals surface area contributed by atoms with Gasteiger partial charge in [-0.15, -0.1) is 0 Å².